The van der Waals surface area contributed by atoms with Gasteiger partial charge in [0.25, 0.3) is 0 Å². The summed E-state index contributed by atoms with van der Waals surface area (Å²) in [6.07, 6.45) is 5.66. The van der Waals surface area contributed by atoms with Crippen molar-refractivity contribution >= 4 is 12.0 Å². The molecule has 0 aliphatic heterocycles. The van der Waals surface area contributed by atoms with Crippen LogP contribution in [0.15, 0.2) is 42.7 Å². The van der Waals surface area contributed by atoms with E-state index in [0.717, 1.165) is 17.4 Å². The lowest BCUT2D eigenvalue weighted by atomic mass is 10.2. The zero-order chi connectivity index (χ0) is 14.4. The molecule has 0 fully saturated rings. The Morgan fingerprint density at radius 2 is 1.90 bits per heavy atom. The van der Waals surface area contributed by atoms with Crippen LogP contribution in [0.5, 0.6) is 5.75 Å². The van der Waals surface area contributed by atoms with Crippen LogP contribution in [0.3, 0.4) is 0 Å². The first-order chi connectivity index (χ1) is 9.69. The highest BCUT2D eigenvalue weighted by molar-refractivity contribution is 5.85. The molecule has 5 heteroatoms. The van der Waals surface area contributed by atoms with Crippen LogP contribution in [0.1, 0.15) is 12.5 Å². The Balaban J connectivity index is 2.15. The van der Waals surface area contributed by atoms with Gasteiger partial charge in [0.05, 0.1) is 6.61 Å². The minimum absolute atomic E-state index is 0.584. The standard InChI is InChI=1S/C15H14N2O3/c1-2-20-13-6-4-12(5-7-13)15-16-9-11(10-17-15)3-8-14(18)19/h3-10H,2H2,1H3,(H,18,19)/b8-3+. The highest BCUT2D eigenvalue weighted by atomic mass is 16.5. The van der Waals surface area contributed by atoms with Crippen LogP contribution >= 0.6 is 0 Å². The van der Waals surface area contributed by atoms with Crippen molar-refractivity contribution in [3.05, 3.63) is 48.3 Å². The zero-order valence-corrected chi connectivity index (χ0v) is 11.0. The van der Waals surface area contributed by atoms with E-state index in [1.807, 2.05) is 31.2 Å². The third kappa shape index (κ3) is 3.65. The second kappa shape index (κ2) is 6.47. The van der Waals surface area contributed by atoms with Gasteiger partial charge in [-0.2, -0.15) is 0 Å². The summed E-state index contributed by atoms with van der Waals surface area (Å²) in [5.41, 5.74) is 1.52. The lowest BCUT2D eigenvalue weighted by Gasteiger charge is -2.04. The molecule has 0 unspecified atom stereocenters. The molecule has 0 radical (unpaired) electrons. The van der Waals surface area contributed by atoms with Crippen LogP contribution in [0, 0.1) is 0 Å². The van der Waals surface area contributed by atoms with E-state index in [9.17, 15) is 4.79 Å². The molecule has 1 aromatic carbocycles. The highest BCUT2D eigenvalue weighted by Crippen LogP contribution is 2.19. The largest absolute Gasteiger partial charge is 0.494 e. The summed E-state index contributed by atoms with van der Waals surface area (Å²) in [6, 6.07) is 7.49. The first-order valence-electron chi connectivity index (χ1n) is 6.15. The third-order valence-corrected chi connectivity index (χ3v) is 2.51. The van der Waals surface area contributed by atoms with Crippen molar-refractivity contribution in [3.8, 4) is 17.1 Å². The van der Waals surface area contributed by atoms with Gasteiger partial charge >= 0.3 is 5.97 Å². The third-order valence-electron chi connectivity index (χ3n) is 2.51. The van der Waals surface area contributed by atoms with Gasteiger partial charge in [0.1, 0.15) is 5.75 Å². The molecule has 0 atom stereocenters. The number of hydrogen-bond donors (Lipinski definition) is 1. The molecule has 5 nitrogen and oxygen atoms in total. The number of carbonyl (C=O) groups is 1. The number of aromatic nitrogens is 2. The molecule has 102 valence electrons. The minimum atomic E-state index is -0.999. The van der Waals surface area contributed by atoms with Gasteiger partial charge < -0.3 is 9.84 Å². The van der Waals surface area contributed by atoms with Crippen molar-refractivity contribution in [1.82, 2.24) is 9.97 Å². The number of carboxylic acids is 1. The summed E-state index contributed by atoms with van der Waals surface area (Å²) >= 11 is 0. The van der Waals surface area contributed by atoms with Gasteiger partial charge in [-0.3, -0.25) is 0 Å². The molecular weight excluding hydrogens is 256 g/mol. The maximum Gasteiger partial charge on any atom is 0.328 e. The van der Waals surface area contributed by atoms with Crippen LogP contribution < -0.4 is 4.74 Å². The summed E-state index contributed by atoms with van der Waals surface area (Å²) < 4.78 is 5.36. The Labute approximate surface area is 116 Å². The smallest absolute Gasteiger partial charge is 0.328 e. The molecule has 0 aliphatic rings. The Morgan fingerprint density at radius 3 is 2.45 bits per heavy atom. The van der Waals surface area contributed by atoms with E-state index in [0.29, 0.717) is 18.0 Å². The fourth-order valence-electron chi connectivity index (χ4n) is 1.61. The van der Waals surface area contributed by atoms with Gasteiger partial charge in [0.2, 0.25) is 0 Å². The van der Waals surface area contributed by atoms with Crippen molar-refractivity contribution in [2.75, 3.05) is 6.61 Å². The molecule has 0 saturated carbocycles. The van der Waals surface area contributed by atoms with E-state index in [4.69, 9.17) is 9.84 Å². The van der Waals surface area contributed by atoms with E-state index >= 15 is 0 Å². The summed E-state index contributed by atoms with van der Waals surface area (Å²) in [5, 5.41) is 8.54. The second-order valence-electron chi connectivity index (χ2n) is 3.97. The summed E-state index contributed by atoms with van der Waals surface area (Å²) in [7, 11) is 0. The number of carboxylic acid groups (broad SMARTS) is 1. The first kappa shape index (κ1) is 13.7. The van der Waals surface area contributed by atoms with Crippen LogP contribution in [0.25, 0.3) is 17.5 Å². The van der Waals surface area contributed by atoms with Crippen molar-refractivity contribution in [1.29, 1.82) is 0 Å². The molecule has 0 spiro atoms. The lowest BCUT2D eigenvalue weighted by Crippen LogP contribution is -1.92. The minimum Gasteiger partial charge on any atom is -0.494 e. The molecule has 1 heterocycles. The van der Waals surface area contributed by atoms with Crippen molar-refractivity contribution in [3.63, 3.8) is 0 Å². The second-order valence-corrected chi connectivity index (χ2v) is 3.97. The lowest BCUT2D eigenvalue weighted by molar-refractivity contribution is -0.131. The number of nitrogens with zero attached hydrogens (tertiary/aromatic N) is 2. The number of hydrogen-bond acceptors (Lipinski definition) is 4. The molecule has 1 N–H and O–H groups in total. The molecule has 0 saturated heterocycles. The summed E-state index contributed by atoms with van der Waals surface area (Å²) in [5.74, 6) is 0.387. The van der Waals surface area contributed by atoms with E-state index < -0.39 is 5.97 Å². The van der Waals surface area contributed by atoms with E-state index in [-0.39, 0.29) is 0 Å². The first-order valence-corrected chi connectivity index (χ1v) is 6.15. The highest BCUT2D eigenvalue weighted by Gasteiger charge is 2.01. The normalized spacial score (nSPS) is 10.7. The molecule has 2 aromatic rings. The maximum atomic E-state index is 10.4. The van der Waals surface area contributed by atoms with Crippen molar-refractivity contribution in [2.24, 2.45) is 0 Å². The number of rotatable bonds is 5. The SMILES string of the molecule is CCOc1ccc(-c2ncc(/C=C/C(=O)O)cn2)cc1. The fourth-order valence-corrected chi connectivity index (χ4v) is 1.61. The summed E-state index contributed by atoms with van der Waals surface area (Å²) in [6.45, 7) is 2.56. The average Bonchev–Trinajstić information content (AvgIpc) is 2.47. The predicted octanol–water partition coefficient (Wildman–Crippen LogP) is 2.64. The number of ether oxygens (including phenoxy) is 1. The van der Waals surface area contributed by atoms with Crippen molar-refractivity contribution in [2.45, 2.75) is 6.92 Å². The fraction of sp³-hybridized carbons (Fsp3) is 0.133. The van der Waals surface area contributed by atoms with Crippen LogP contribution in [0.4, 0.5) is 0 Å². The molecule has 20 heavy (non-hydrogen) atoms. The Morgan fingerprint density at radius 1 is 1.25 bits per heavy atom. The monoisotopic (exact) mass is 270 g/mol. The molecule has 1 aromatic heterocycles. The van der Waals surface area contributed by atoms with Gasteiger partial charge in [-0.15, -0.1) is 0 Å². The quantitative estimate of drug-likeness (QED) is 0.845. The number of aliphatic carboxylic acids is 1. The molecule has 2 rings (SSSR count). The average molecular weight is 270 g/mol. The van der Waals surface area contributed by atoms with Gasteiger partial charge in [-0.25, -0.2) is 14.8 Å². The predicted molar refractivity (Wildman–Crippen MR) is 75.3 cm³/mol. The van der Waals surface area contributed by atoms with Gasteiger partial charge in [0, 0.05) is 29.6 Å². The Bertz CT molecular complexity index is 604. The van der Waals surface area contributed by atoms with E-state index in [1.54, 1.807) is 12.4 Å². The van der Waals surface area contributed by atoms with Crippen LogP contribution in [-0.2, 0) is 4.79 Å². The Kier molecular flexibility index (Phi) is 4.44. The molecule has 0 amide bonds. The van der Waals surface area contributed by atoms with Crippen LogP contribution in [-0.4, -0.2) is 27.7 Å². The molecule has 0 bridgehead atoms. The van der Waals surface area contributed by atoms with Crippen LogP contribution in [0.2, 0.25) is 0 Å². The summed E-state index contributed by atoms with van der Waals surface area (Å²) in [4.78, 5) is 18.8. The van der Waals surface area contributed by atoms with Gasteiger partial charge in [-0.05, 0) is 37.3 Å². The van der Waals surface area contributed by atoms with Crippen molar-refractivity contribution < 1.29 is 14.6 Å². The van der Waals surface area contributed by atoms with E-state index in [2.05, 4.69) is 9.97 Å². The topological polar surface area (TPSA) is 72.3 Å². The van der Waals surface area contributed by atoms with Gasteiger partial charge in [-0.1, -0.05) is 0 Å². The molecule has 0 aliphatic carbocycles. The Hall–Kier alpha value is -2.69. The van der Waals surface area contributed by atoms with Gasteiger partial charge in [0.15, 0.2) is 5.82 Å². The number of benzene rings is 1. The zero-order valence-electron chi connectivity index (χ0n) is 11.0. The maximum absolute atomic E-state index is 10.4. The molecular formula is C15H14N2O3. The van der Waals surface area contributed by atoms with E-state index in [1.165, 1.54) is 6.08 Å².